The van der Waals surface area contributed by atoms with Crippen LogP contribution < -0.4 is 10.6 Å². The number of ether oxygens (including phenoxy) is 1. The molecule has 0 aromatic carbocycles. The van der Waals surface area contributed by atoms with Crippen LogP contribution in [-0.4, -0.2) is 25.7 Å². The number of thiophene rings is 2. The van der Waals surface area contributed by atoms with Crippen LogP contribution in [-0.2, 0) is 11.2 Å². The first-order valence-electron chi connectivity index (χ1n) is 6.77. The number of hydrogen-bond donors (Lipinski definition) is 2. The summed E-state index contributed by atoms with van der Waals surface area (Å²) in [5, 5.41) is 9.33. The summed E-state index contributed by atoms with van der Waals surface area (Å²) in [7, 11) is 1.32. The Morgan fingerprint density at radius 2 is 2.05 bits per heavy atom. The molecule has 7 heteroatoms. The first-order chi connectivity index (χ1) is 10.5. The molecule has 0 saturated heterocycles. The van der Waals surface area contributed by atoms with Crippen LogP contribution in [0.4, 0.5) is 10.5 Å². The van der Waals surface area contributed by atoms with E-state index in [0.717, 1.165) is 6.42 Å². The van der Waals surface area contributed by atoms with Gasteiger partial charge in [0, 0.05) is 11.4 Å². The van der Waals surface area contributed by atoms with Gasteiger partial charge in [-0.05, 0) is 48.2 Å². The van der Waals surface area contributed by atoms with E-state index in [1.807, 2.05) is 0 Å². The van der Waals surface area contributed by atoms with Crippen LogP contribution in [0.3, 0.4) is 0 Å². The van der Waals surface area contributed by atoms with Gasteiger partial charge in [-0.1, -0.05) is 0 Å². The molecule has 0 spiro atoms. The van der Waals surface area contributed by atoms with E-state index in [1.165, 1.54) is 34.5 Å². The lowest BCUT2D eigenvalue weighted by molar-refractivity contribution is 0.0607. The van der Waals surface area contributed by atoms with E-state index in [0.29, 0.717) is 17.1 Å². The van der Waals surface area contributed by atoms with E-state index in [4.69, 9.17) is 0 Å². The van der Waals surface area contributed by atoms with Crippen molar-refractivity contribution in [2.45, 2.75) is 20.3 Å². The largest absolute Gasteiger partial charge is 0.465 e. The highest BCUT2D eigenvalue weighted by molar-refractivity contribution is 7.12. The zero-order valence-electron chi connectivity index (χ0n) is 12.7. The number of amides is 2. The monoisotopic (exact) mass is 338 g/mol. The summed E-state index contributed by atoms with van der Waals surface area (Å²) in [6.07, 6.45) is 0.789. The molecule has 2 aromatic rings. The Bertz CT molecular complexity index is 676. The van der Waals surface area contributed by atoms with Crippen molar-refractivity contribution in [3.63, 3.8) is 0 Å². The normalized spacial score (nSPS) is 10.3. The molecule has 5 nitrogen and oxygen atoms in total. The standard InChI is InChI=1S/C15H18N2O3S2/c1-9-10(2)22-8-11(9)4-6-16-15(19)17-12-5-7-21-13(12)14(18)20-3/h5,7-8H,4,6H2,1-3H3,(H2,16,17,19). The van der Waals surface area contributed by atoms with Gasteiger partial charge in [-0.2, -0.15) is 0 Å². The lowest BCUT2D eigenvalue weighted by Gasteiger charge is -2.08. The number of nitrogens with one attached hydrogen (secondary N) is 2. The topological polar surface area (TPSA) is 67.4 Å². The number of carbonyl (C=O) groups is 2. The predicted molar refractivity (Wildman–Crippen MR) is 90.2 cm³/mol. The zero-order chi connectivity index (χ0) is 16.1. The molecule has 0 bridgehead atoms. The summed E-state index contributed by atoms with van der Waals surface area (Å²) in [5.41, 5.74) is 3.02. The lowest BCUT2D eigenvalue weighted by atomic mass is 10.1. The van der Waals surface area contributed by atoms with E-state index in [9.17, 15) is 9.59 Å². The fraction of sp³-hybridized carbons (Fsp3) is 0.333. The third-order valence-electron chi connectivity index (χ3n) is 3.35. The second kappa shape index (κ2) is 7.42. The highest BCUT2D eigenvalue weighted by Gasteiger charge is 2.15. The summed E-state index contributed by atoms with van der Waals surface area (Å²) >= 11 is 2.96. The smallest absolute Gasteiger partial charge is 0.350 e. The van der Waals surface area contributed by atoms with Crippen molar-refractivity contribution in [3.05, 3.63) is 37.7 Å². The van der Waals surface area contributed by atoms with Gasteiger partial charge in [0.2, 0.25) is 0 Å². The summed E-state index contributed by atoms with van der Waals surface area (Å²) < 4.78 is 4.67. The minimum Gasteiger partial charge on any atom is -0.465 e. The van der Waals surface area contributed by atoms with Crippen LogP contribution in [0.25, 0.3) is 0 Å². The number of urea groups is 1. The summed E-state index contributed by atoms with van der Waals surface area (Å²) in [6, 6.07) is 1.36. The highest BCUT2D eigenvalue weighted by atomic mass is 32.1. The van der Waals surface area contributed by atoms with Crippen LogP contribution in [0.1, 0.15) is 25.7 Å². The fourth-order valence-electron chi connectivity index (χ4n) is 1.94. The number of rotatable bonds is 5. The molecule has 0 saturated carbocycles. The van der Waals surface area contributed by atoms with E-state index < -0.39 is 5.97 Å². The Morgan fingerprint density at radius 1 is 1.27 bits per heavy atom. The van der Waals surface area contributed by atoms with Crippen molar-refractivity contribution in [1.29, 1.82) is 0 Å². The molecule has 2 rings (SSSR count). The number of carbonyl (C=O) groups excluding carboxylic acids is 2. The van der Waals surface area contributed by atoms with Crippen molar-refractivity contribution >= 4 is 40.4 Å². The van der Waals surface area contributed by atoms with Crippen molar-refractivity contribution < 1.29 is 14.3 Å². The third kappa shape index (κ3) is 3.86. The molecule has 2 amide bonds. The molecular formula is C15H18N2O3S2. The number of esters is 1. The lowest BCUT2D eigenvalue weighted by Crippen LogP contribution is -2.30. The molecule has 118 valence electrons. The van der Waals surface area contributed by atoms with Gasteiger partial charge in [0.25, 0.3) is 0 Å². The van der Waals surface area contributed by atoms with E-state index in [2.05, 4.69) is 34.6 Å². The van der Waals surface area contributed by atoms with Crippen LogP contribution in [0, 0.1) is 13.8 Å². The maximum absolute atomic E-state index is 11.9. The number of methoxy groups -OCH3 is 1. The Hall–Kier alpha value is -1.86. The maximum atomic E-state index is 11.9. The second-order valence-electron chi connectivity index (χ2n) is 4.73. The van der Waals surface area contributed by atoms with Crippen LogP contribution in [0.2, 0.25) is 0 Å². The van der Waals surface area contributed by atoms with Crippen LogP contribution >= 0.6 is 22.7 Å². The van der Waals surface area contributed by atoms with Gasteiger partial charge in [0.1, 0.15) is 4.88 Å². The molecule has 2 N–H and O–H groups in total. The molecule has 0 unspecified atom stereocenters. The minimum absolute atomic E-state index is 0.326. The Balaban J connectivity index is 1.85. The third-order valence-corrected chi connectivity index (χ3v) is 5.31. The molecular weight excluding hydrogens is 320 g/mol. The first-order valence-corrected chi connectivity index (χ1v) is 8.53. The van der Waals surface area contributed by atoms with E-state index >= 15 is 0 Å². The number of hydrogen-bond acceptors (Lipinski definition) is 5. The Labute approximate surface area is 137 Å². The van der Waals surface area contributed by atoms with Gasteiger partial charge in [-0.25, -0.2) is 9.59 Å². The van der Waals surface area contributed by atoms with Gasteiger partial charge < -0.3 is 15.4 Å². The summed E-state index contributed by atoms with van der Waals surface area (Å²) in [6.45, 7) is 4.73. The molecule has 0 atom stereocenters. The first kappa shape index (κ1) is 16.5. The van der Waals surface area contributed by atoms with Gasteiger partial charge >= 0.3 is 12.0 Å². The molecule has 0 aliphatic carbocycles. The van der Waals surface area contributed by atoms with E-state index in [-0.39, 0.29) is 6.03 Å². The summed E-state index contributed by atoms with van der Waals surface area (Å²) in [4.78, 5) is 25.1. The molecule has 0 radical (unpaired) electrons. The van der Waals surface area contributed by atoms with Crippen LogP contribution in [0.5, 0.6) is 0 Å². The zero-order valence-corrected chi connectivity index (χ0v) is 14.3. The van der Waals surface area contributed by atoms with E-state index in [1.54, 1.807) is 22.8 Å². The maximum Gasteiger partial charge on any atom is 0.350 e. The number of aryl methyl sites for hydroxylation is 1. The van der Waals surface area contributed by atoms with Crippen molar-refractivity contribution in [2.24, 2.45) is 0 Å². The minimum atomic E-state index is -0.449. The van der Waals surface area contributed by atoms with Gasteiger partial charge in [0.15, 0.2) is 0 Å². The molecule has 2 aromatic heterocycles. The van der Waals surface area contributed by atoms with Gasteiger partial charge in [0.05, 0.1) is 12.8 Å². The Morgan fingerprint density at radius 3 is 2.68 bits per heavy atom. The average Bonchev–Trinajstić information content (AvgIpc) is 3.08. The van der Waals surface area contributed by atoms with Crippen molar-refractivity contribution in [3.8, 4) is 0 Å². The molecule has 22 heavy (non-hydrogen) atoms. The average molecular weight is 338 g/mol. The van der Waals surface area contributed by atoms with Crippen molar-refractivity contribution in [1.82, 2.24) is 5.32 Å². The predicted octanol–water partition coefficient (Wildman–Crippen LogP) is 3.58. The molecule has 2 heterocycles. The highest BCUT2D eigenvalue weighted by Crippen LogP contribution is 2.23. The fourth-order valence-corrected chi connectivity index (χ4v) is 3.63. The molecule has 0 fully saturated rings. The quantitative estimate of drug-likeness (QED) is 0.819. The number of anilines is 1. The SMILES string of the molecule is COC(=O)c1sccc1NC(=O)NCCc1csc(C)c1C. The molecule has 0 aliphatic rings. The van der Waals surface area contributed by atoms with Crippen LogP contribution in [0.15, 0.2) is 16.8 Å². The Kier molecular flexibility index (Phi) is 5.57. The second-order valence-corrected chi connectivity index (χ2v) is 6.73. The van der Waals surface area contributed by atoms with Gasteiger partial charge in [-0.3, -0.25) is 0 Å². The van der Waals surface area contributed by atoms with Gasteiger partial charge in [-0.15, -0.1) is 22.7 Å². The van der Waals surface area contributed by atoms with Crippen molar-refractivity contribution in [2.75, 3.05) is 19.0 Å². The molecule has 0 aliphatic heterocycles. The summed E-state index contributed by atoms with van der Waals surface area (Å²) in [5.74, 6) is -0.449.